The maximum Gasteiger partial charge on any atom is 0.175 e. The first-order valence-electron chi connectivity index (χ1n) is 10.2. The van der Waals surface area contributed by atoms with Crippen LogP contribution in [0.2, 0.25) is 0 Å². The average Bonchev–Trinajstić information content (AvgIpc) is 2.96. The van der Waals surface area contributed by atoms with Gasteiger partial charge in [0.2, 0.25) is 0 Å². The molecule has 5 heteroatoms. The van der Waals surface area contributed by atoms with E-state index in [4.69, 9.17) is 17.3 Å². The summed E-state index contributed by atoms with van der Waals surface area (Å²) in [6, 6.07) is 17.1. The van der Waals surface area contributed by atoms with E-state index in [-0.39, 0.29) is 0 Å². The Bertz CT molecular complexity index is 956. The van der Waals surface area contributed by atoms with Gasteiger partial charge in [0.25, 0.3) is 0 Å². The molecule has 0 aliphatic rings. The van der Waals surface area contributed by atoms with E-state index in [9.17, 15) is 0 Å². The zero-order valence-corrected chi connectivity index (χ0v) is 18.6. The van der Waals surface area contributed by atoms with Gasteiger partial charge in [-0.3, -0.25) is 4.68 Å². The highest BCUT2D eigenvalue weighted by Crippen LogP contribution is 2.21. The van der Waals surface area contributed by atoms with Gasteiger partial charge in [0.1, 0.15) is 0 Å². The van der Waals surface area contributed by atoms with Gasteiger partial charge in [-0.2, -0.15) is 5.10 Å². The number of nitrogens with zero attached hydrogens (tertiary/aromatic N) is 2. The fraction of sp³-hybridized carbons (Fsp3) is 0.333. The van der Waals surface area contributed by atoms with E-state index in [0.717, 1.165) is 35.7 Å². The SMILES string of the molecule is CCCCc1ccc(NC(=S)Nc2c(C)nn(Cc3ccc(C)cc3)c2C)cc1. The second-order valence-electron chi connectivity index (χ2n) is 7.57. The number of nitrogens with one attached hydrogen (secondary N) is 2. The van der Waals surface area contributed by atoms with Crippen LogP contribution in [0.15, 0.2) is 48.5 Å². The Morgan fingerprint density at radius 3 is 2.24 bits per heavy atom. The number of aromatic nitrogens is 2. The van der Waals surface area contributed by atoms with Crippen molar-refractivity contribution < 1.29 is 0 Å². The van der Waals surface area contributed by atoms with Crippen molar-refractivity contribution in [1.29, 1.82) is 0 Å². The van der Waals surface area contributed by atoms with Crippen LogP contribution in [0.1, 0.15) is 47.8 Å². The molecule has 0 aliphatic carbocycles. The van der Waals surface area contributed by atoms with Crippen LogP contribution in [0.25, 0.3) is 0 Å². The Labute approximate surface area is 179 Å². The van der Waals surface area contributed by atoms with Crippen molar-refractivity contribution in [2.24, 2.45) is 0 Å². The van der Waals surface area contributed by atoms with E-state index in [1.807, 2.05) is 11.6 Å². The largest absolute Gasteiger partial charge is 0.332 e. The maximum atomic E-state index is 5.53. The molecule has 0 fully saturated rings. The van der Waals surface area contributed by atoms with Crippen LogP contribution in [0.5, 0.6) is 0 Å². The maximum absolute atomic E-state index is 5.53. The number of benzene rings is 2. The van der Waals surface area contributed by atoms with Crippen molar-refractivity contribution in [3.8, 4) is 0 Å². The minimum Gasteiger partial charge on any atom is -0.332 e. The summed E-state index contributed by atoms with van der Waals surface area (Å²) in [6.45, 7) is 9.14. The number of hydrogen-bond donors (Lipinski definition) is 2. The molecule has 0 atom stereocenters. The summed E-state index contributed by atoms with van der Waals surface area (Å²) in [5.74, 6) is 0. The minimum absolute atomic E-state index is 0.576. The van der Waals surface area contributed by atoms with Gasteiger partial charge in [0, 0.05) is 5.69 Å². The molecular weight excluding hydrogens is 376 g/mol. The second-order valence-corrected chi connectivity index (χ2v) is 7.98. The van der Waals surface area contributed by atoms with Crippen LogP contribution < -0.4 is 10.6 Å². The molecule has 0 radical (unpaired) electrons. The van der Waals surface area contributed by atoms with Gasteiger partial charge in [-0.05, 0) is 69.1 Å². The molecule has 0 aliphatic heterocycles. The molecule has 0 bridgehead atoms. The molecule has 3 rings (SSSR count). The van der Waals surface area contributed by atoms with Gasteiger partial charge in [0.15, 0.2) is 5.11 Å². The number of anilines is 2. The topological polar surface area (TPSA) is 41.9 Å². The molecular formula is C24H30N4S. The Kier molecular flexibility index (Phi) is 7.04. The second kappa shape index (κ2) is 9.70. The first-order chi connectivity index (χ1) is 14.0. The number of aryl methyl sites for hydroxylation is 3. The summed E-state index contributed by atoms with van der Waals surface area (Å²) >= 11 is 5.53. The number of hydrogen-bond acceptors (Lipinski definition) is 2. The lowest BCUT2D eigenvalue weighted by Gasteiger charge is -2.12. The van der Waals surface area contributed by atoms with Crippen LogP contribution in [0.3, 0.4) is 0 Å². The zero-order valence-electron chi connectivity index (χ0n) is 17.7. The minimum atomic E-state index is 0.576. The normalized spacial score (nSPS) is 10.8. The molecule has 29 heavy (non-hydrogen) atoms. The van der Waals surface area contributed by atoms with Gasteiger partial charge in [-0.15, -0.1) is 0 Å². The van der Waals surface area contributed by atoms with Crippen LogP contribution in [-0.2, 0) is 13.0 Å². The van der Waals surface area contributed by atoms with Crippen molar-refractivity contribution in [3.63, 3.8) is 0 Å². The van der Waals surface area contributed by atoms with E-state index >= 15 is 0 Å². The molecule has 1 heterocycles. The number of unbranched alkanes of at least 4 members (excludes halogenated alkanes) is 1. The average molecular weight is 407 g/mol. The van der Waals surface area contributed by atoms with Gasteiger partial charge in [-0.1, -0.05) is 55.3 Å². The third-order valence-electron chi connectivity index (χ3n) is 5.10. The molecule has 1 aromatic heterocycles. The van der Waals surface area contributed by atoms with Gasteiger partial charge < -0.3 is 10.6 Å². The fourth-order valence-electron chi connectivity index (χ4n) is 3.31. The standard InChI is InChI=1S/C24H30N4S/c1-5-6-7-20-12-14-22(15-13-20)25-24(29)26-23-18(3)27-28(19(23)4)16-21-10-8-17(2)9-11-21/h8-15H,5-7,16H2,1-4H3,(H2,25,26,29). The molecule has 0 unspecified atom stereocenters. The van der Waals surface area contributed by atoms with E-state index in [0.29, 0.717) is 5.11 Å². The summed E-state index contributed by atoms with van der Waals surface area (Å²) in [5, 5.41) is 11.9. The summed E-state index contributed by atoms with van der Waals surface area (Å²) < 4.78 is 2.02. The van der Waals surface area contributed by atoms with Crippen LogP contribution >= 0.6 is 12.2 Å². The molecule has 2 aromatic carbocycles. The van der Waals surface area contributed by atoms with Crippen molar-refractivity contribution in [2.45, 2.75) is 53.5 Å². The quantitative estimate of drug-likeness (QED) is 0.472. The highest BCUT2D eigenvalue weighted by atomic mass is 32.1. The monoisotopic (exact) mass is 406 g/mol. The highest BCUT2D eigenvalue weighted by Gasteiger charge is 2.13. The number of rotatable bonds is 7. The Morgan fingerprint density at radius 1 is 0.931 bits per heavy atom. The Balaban J connectivity index is 1.64. The van der Waals surface area contributed by atoms with E-state index in [1.54, 1.807) is 0 Å². The summed E-state index contributed by atoms with van der Waals surface area (Å²) in [5.41, 5.74) is 7.83. The Hall–Kier alpha value is -2.66. The Morgan fingerprint density at radius 2 is 1.59 bits per heavy atom. The molecule has 0 saturated carbocycles. The summed E-state index contributed by atoms with van der Waals surface area (Å²) in [7, 11) is 0. The molecule has 0 saturated heterocycles. The van der Waals surface area contributed by atoms with Crippen molar-refractivity contribution in [3.05, 3.63) is 76.6 Å². The summed E-state index contributed by atoms with van der Waals surface area (Å²) in [6.07, 6.45) is 3.56. The van der Waals surface area contributed by atoms with E-state index < -0.39 is 0 Å². The molecule has 2 N–H and O–H groups in total. The van der Waals surface area contributed by atoms with Crippen molar-refractivity contribution in [2.75, 3.05) is 10.6 Å². The number of thiocarbonyl (C=S) groups is 1. The zero-order chi connectivity index (χ0) is 20.8. The van der Waals surface area contributed by atoms with Gasteiger partial charge in [0.05, 0.1) is 23.6 Å². The van der Waals surface area contributed by atoms with Gasteiger partial charge in [-0.25, -0.2) is 0 Å². The predicted molar refractivity (Wildman–Crippen MR) is 127 cm³/mol. The van der Waals surface area contributed by atoms with E-state index in [1.165, 1.54) is 29.5 Å². The highest BCUT2D eigenvalue weighted by molar-refractivity contribution is 7.80. The van der Waals surface area contributed by atoms with Gasteiger partial charge >= 0.3 is 0 Å². The van der Waals surface area contributed by atoms with Crippen LogP contribution in [0, 0.1) is 20.8 Å². The smallest absolute Gasteiger partial charge is 0.175 e. The van der Waals surface area contributed by atoms with E-state index in [2.05, 4.69) is 79.9 Å². The molecule has 0 spiro atoms. The molecule has 4 nitrogen and oxygen atoms in total. The summed E-state index contributed by atoms with van der Waals surface area (Å²) in [4.78, 5) is 0. The first kappa shape index (κ1) is 21.1. The lowest BCUT2D eigenvalue weighted by Crippen LogP contribution is -2.20. The fourth-order valence-corrected chi connectivity index (χ4v) is 3.53. The van der Waals surface area contributed by atoms with Crippen LogP contribution in [-0.4, -0.2) is 14.9 Å². The van der Waals surface area contributed by atoms with Crippen LogP contribution in [0.4, 0.5) is 11.4 Å². The molecule has 0 amide bonds. The third-order valence-corrected chi connectivity index (χ3v) is 5.31. The van der Waals surface area contributed by atoms with Crippen molar-refractivity contribution >= 4 is 28.7 Å². The molecule has 3 aromatic rings. The third kappa shape index (κ3) is 5.67. The lowest BCUT2D eigenvalue weighted by atomic mass is 10.1. The predicted octanol–water partition coefficient (Wildman–Crippen LogP) is 6.01. The van der Waals surface area contributed by atoms with Crippen molar-refractivity contribution in [1.82, 2.24) is 9.78 Å². The first-order valence-corrected chi connectivity index (χ1v) is 10.6. The lowest BCUT2D eigenvalue weighted by molar-refractivity contribution is 0.659. The molecule has 152 valence electrons.